The van der Waals surface area contributed by atoms with Gasteiger partial charge in [0.05, 0.1) is 6.26 Å². The van der Waals surface area contributed by atoms with Crippen LogP contribution in [0.15, 0.2) is 48.5 Å². The van der Waals surface area contributed by atoms with E-state index in [2.05, 4.69) is 22.2 Å². The molecule has 0 spiro atoms. The van der Waals surface area contributed by atoms with Crippen molar-refractivity contribution in [3.8, 4) is 0 Å². The van der Waals surface area contributed by atoms with Crippen LogP contribution >= 0.6 is 0 Å². The normalized spacial score (nSPS) is 15.4. The maximum absolute atomic E-state index is 12.4. The van der Waals surface area contributed by atoms with E-state index in [0.717, 1.165) is 6.26 Å². The van der Waals surface area contributed by atoms with Crippen LogP contribution in [0.25, 0.3) is 0 Å². The van der Waals surface area contributed by atoms with Crippen molar-refractivity contribution >= 4 is 27.3 Å². The quantitative estimate of drug-likeness (QED) is 0.819. The maximum atomic E-state index is 12.4. The Kier molecular flexibility index (Phi) is 5.61. The Bertz CT molecular complexity index is 853. The average molecular weight is 372 g/mol. The highest BCUT2D eigenvalue weighted by molar-refractivity contribution is 7.92. The number of nitrogens with one attached hydrogen (secondary N) is 2. The molecule has 0 aliphatic heterocycles. The largest absolute Gasteiger partial charge is 0.322 e. The number of amides is 1. The van der Waals surface area contributed by atoms with Gasteiger partial charge in [-0.2, -0.15) is 0 Å². The van der Waals surface area contributed by atoms with Gasteiger partial charge in [-0.3, -0.25) is 9.52 Å². The zero-order valence-electron chi connectivity index (χ0n) is 14.9. The Balaban J connectivity index is 1.62. The Labute approximate surface area is 154 Å². The molecule has 0 atom stereocenters. The number of rotatable bonds is 5. The summed E-state index contributed by atoms with van der Waals surface area (Å²) in [6.45, 7) is 0. The van der Waals surface area contributed by atoms with Crippen LogP contribution in [-0.4, -0.2) is 20.6 Å². The van der Waals surface area contributed by atoms with Crippen molar-refractivity contribution in [2.75, 3.05) is 16.3 Å². The van der Waals surface area contributed by atoms with Gasteiger partial charge in [-0.25, -0.2) is 8.42 Å². The molecule has 0 saturated heterocycles. The van der Waals surface area contributed by atoms with E-state index in [4.69, 9.17) is 0 Å². The molecule has 3 rings (SSSR count). The van der Waals surface area contributed by atoms with Gasteiger partial charge < -0.3 is 5.32 Å². The van der Waals surface area contributed by atoms with Crippen LogP contribution in [0, 0.1) is 0 Å². The van der Waals surface area contributed by atoms with Crippen molar-refractivity contribution in [1.29, 1.82) is 0 Å². The first-order valence-electron chi connectivity index (χ1n) is 8.90. The van der Waals surface area contributed by atoms with Crippen molar-refractivity contribution in [3.63, 3.8) is 0 Å². The van der Waals surface area contributed by atoms with Crippen molar-refractivity contribution in [2.24, 2.45) is 0 Å². The van der Waals surface area contributed by atoms with Crippen molar-refractivity contribution < 1.29 is 13.2 Å². The van der Waals surface area contributed by atoms with E-state index in [1.165, 1.54) is 37.7 Å². The molecule has 2 aromatic rings. The molecule has 5 nitrogen and oxygen atoms in total. The lowest BCUT2D eigenvalue weighted by Gasteiger charge is -2.22. The summed E-state index contributed by atoms with van der Waals surface area (Å²) in [5.41, 5.74) is 3.01. The lowest BCUT2D eigenvalue weighted by Crippen LogP contribution is -2.13. The summed E-state index contributed by atoms with van der Waals surface area (Å²) in [5, 5.41) is 2.83. The summed E-state index contributed by atoms with van der Waals surface area (Å²) in [7, 11) is -3.31. The van der Waals surface area contributed by atoms with E-state index in [-0.39, 0.29) is 5.91 Å². The van der Waals surface area contributed by atoms with E-state index in [9.17, 15) is 13.2 Å². The predicted molar refractivity (Wildman–Crippen MR) is 105 cm³/mol. The number of hydrogen-bond donors (Lipinski definition) is 2. The summed E-state index contributed by atoms with van der Waals surface area (Å²) in [6.07, 6.45) is 7.47. The molecule has 1 fully saturated rings. The van der Waals surface area contributed by atoms with Gasteiger partial charge in [-0.15, -0.1) is 0 Å². The number of anilines is 2. The first-order chi connectivity index (χ1) is 12.4. The van der Waals surface area contributed by atoms with E-state index in [0.29, 0.717) is 22.9 Å². The van der Waals surface area contributed by atoms with Crippen molar-refractivity contribution in [1.82, 2.24) is 0 Å². The molecule has 26 heavy (non-hydrogen) atoms. The van der Waals surface area contributed by atoms with Gasteiger partial charge >= 0.3 is 0 Å². The van der Waals surface area contributed by atoms with Crippen LogP contribution in [0.1, 0.15) is 53.9 Å². The first-order valence-corrected chi connectivity index (χ1v) is 10.8. The summed E-state index contributed by atoms with van der Waals surface area (Å²) in [5.74, 6) is 0.444. The number of hydrogen-bond acceptors (Lipinski definition) is 3. The maximum Gasteiger partial charge on any atom is 0.255 e. The van der Waals surface area contributed by atoms with Gasteiger partial charge in [0.1, 0.15) is 0 Å². The summed E-state index contributed by atoms with van der Waals surface area (Å²) < 4.78 is 24.8. The number of carbonyl (C=O) groups is 1. The molecule has 1 saturated carbocycles. The Morgan fingerprint density at radius 3 is 2.04 bits per heavy atom. The Morgan fingerprint density at radius 2 is 1.46 bits per heavy atom. The van der Waals surface area contributed by atoms with Gasteiger partial charge in [-0.1, -0.05) is 31.4 Å². The van der Waals surface area contributed by atoms with E-state index >= 15 is 0 Å². The van der Waals surface area contributed by atoms with Crippen LogP contribution in [0.2, 0.25) is 0 Å². The molecule has 138 valence electrons. The minimum Gasteiger partial charge on any atom is -0.322 e. The third kappa shape index (κ3) is 5.08. The summed E-state index contributed by atoms with van der Waals surface area (Å²) in [4.78, 5) is 12.4. The number of benzene rings is 2. The minimum absolute atomic E-state index is 0.177. The highest BCUT2D eigenvalue weighted by Gasteiger charge is 2.16. The molecule has 1 amide bonds. The molecule has 2 N–H and O–H groups in total. The first kappa shape index (κ1) is 18.5. The molecule has 1 aliphatic rings. The summed E-state index contributed by atoms with van der Waals surface area (Å²) in [6, 6.07) is 14.4. The minimum atomic E-state index is -3.31. The summed E-state index contributed by atoms with van der Waals surface area (Å²) >= 11 is 0. The standard InChI is InChI=1S/C20H24N2O3S/c1-26(24,25)22-19-13-11-18(12-14-19)21-20(23)17-9-7-16(8-10-17)15-5-3-2-4-6-15/h7-15,22H,2-6H2,1H3,(H,21,23). The van der Waals surface area contributed by atoms with Gasteiger partial charge in [0, 0.05) is 16.9 Å². The molecule has 0 bridgehead atoms. The molecule has 0 aromatic heterocycles. The molecule has 0 radical (unpaired) electrons. The van der Waals surface area contributed by atoms with Crippen molar-refractivity contribution in [3.05, 3.63) is 59.7 Å². The van der Waals surface area contributed by atoms with Crippen LogP contribution in [0.4, 0.5) is 11.4 Å². The Morgan fingerprint density at radius 1 is 0.885 bits per heavy atom. The predicted octanol–water partition coefficient (Wildman–Crippen LogP) is 4.36. The third-order valence-electron chi connectivity index (χ3n) is 4.70. The molecule has 0 heterocycles. The molecular weight excluding hydrogens is 348 g/mol. The van der Waals surface area contributed by atoms with Crippen molar-refractivity contribution in [2.45, 2.75) is 38.0 Å². The second-order valence-electron chi connectivity index (χ2n) is 6.86. The molecule has 2 aromatic carbocycles. The number of sulfonamides is 1. The fourth-order valence-electron chi connectivity index (χ4n) is 3.38. The van der Waals surface area contributed by atoms with Crippen LogP contribution < -0.4 is 10.0 Å². The van der Waals surface area contributed by atoms with Gasteiger partial charge in [0.2, 0.25) is 10.0 Å². The number of carbonyl (C=O) groups excluding carboxylic acids is 1. The molecular formula is C20H24N2O3S. The lowest BCUT2D eigenvalue weighted by molar-refractivity contribution is 0.102. The fraction of sp³-hybridized carbons (Fsp3) is 0.350. The molecule has 6 heteroatoms. The van der Waals surface area contributed by atoms with Crippen LogP contribution in [0.3, 0.4) is 0 Å². The van der Waals surface area contributed by atoms with Gasteiger partial charge in [-0.05, 0) is 60.7 Å². The molecule has 0 unspecified atom stereocenters. The highest BCUT2D eigenvalue weighted by atomic mass is 32.2. The second kappa shape index (κ2) is 7.91. The van der Waals surface area contributed by atoms with E-state index in [1.54, 1.807) is 24.3 Å². The topological polar surface area (TPSA) is 75.3 Å². The second-order valence-corrected chi connectivity index (χ2v) is 8.61. The van der Waals surface area contributed by atoms with Gasteiger partial charge in [0.25, 0.3) is 5.91 Å². The fourth-order valence-corrected chi connectivity index (χ4v) is 3.95. The van der Waals surface area contributed by atoms with Gasteiger partial charge in [0.15, 0.2) is 0 Å². The zero-order valence-corrected chi connectivity index (χ0v) is 15.7. The van der Waals surface area contributed by atoms with Crippen LogP contribution in [0.5, 0.6) is 0 Å². The Hall–Kier alpha value is -2.34. The average Bonchev–Trinajstić information content (AvgIpc) is 2.63. The smallest absolute Gasteiger partial charge is 0.255 e. The monoisotopic (exact) mass is 372 g/mol. The molecule has 1 aliphatic carbocycles. The SMILES string of the molecule is CS(=O)(=O)Nc1ccc(NC(=O)c2ccc(C3CCCCC3)cc2)cc1. The lowest BCUT2D eigenvalue weighted by atomic mass is 9.84. The van der Waals surface area contributed by atoms with E-state index < -0.39 is 10.0 Å². The third-order valence-corrected chi connectivity index (χ3v) is 5.30. The van der Waals surface area contributed by atoms with E-state index in [1.807, 2.05) is 12.1 Å². The highest BCUT2D eigenvalue weighted by Crippen LogP contribution is 2.32. The van der Waals surface area contributed by atoms with Crippen LogP contribution in [-0.2, 0) is 10.0 Å². The zero-order chi connectivity index (χ0) is 18.6.